The Balaban J connectivity index is 1.85. The molecule has 1 amide bonds. The van der Waals surface area contributed by atoms with Crippen LogP contribution in [0.5, 0.6) is 11.5 Å². The quantitative estimate of drug-likeness (QED) is 0.231. The first kappa shape index (κ1) is 24.4. The molecule has 33 heavy (non-hydrogen) atoms. The fraction of sp³-hybridized carbons (Fsp3) is 0.375. The first-order valence-electron chi connectivity index (χ1n) is 10.4. The number of carbonyl (C=O) groups is 2. The van der Waals surface area contributed by atoms with E-state index in [2.05, 4.69) is 5.32 Å². The predicted molar refractivity (Wildman–Crippen MR) is 128 cm³/mol. The second kappa shape index (κ2) is 10.2. The number of carbonyl (C=O) groups excluding carboxylic acids is 2. The molecule has 0 aliphatic carbocycles. The van der Waals surface area contributed by atoms with Gasteiger partial charge in [-0.25, -0.2) is 14.4 Å². The van der Waals surface area contributed by atoms with Crippen LogP contribution >= 0.6 is 11.8 Å². The van der Waals surface area contributed by atoms with E-state index in [-0.39, 0.29) is 11.3 Å². The van der Waals surface area contributed by atoms with E-state index >= 15 is 0 Å². The third-order valence-corrected chi connectivity index (χ3v) is 5.34. The van der Waals surface area contributed by atoms with Crippen molar-refractivity contribution in [3.8, 4) is 11.5 Å². The molecule has 0 saturated carbocycles. The van der Waals surface area contributed by atoms with Gasteiger partial charge in [-0.2, -0.15) is 11.8 Å². The lowest BCUT2D eigenvalue weighted by Gasteiger charge is -2.22. The Bertz CT molecular complexity index is 1230. The van der Waals surface area contributed by atoms with Crippen molar-refractivity contribution in [1.82, 2.24) is 5.32 Å². The van der Waals surface area contributed by atoms with Crippen LogP contribution in [0.2, 0.25) is 0 Å². The summed E-state index contributed by atoms with van der Waals surface area (Å²) in [6, 6.07) is 9.08. The molecular weight excluding hydrogens is 446 g/mol. The average Bonchev–Trinajstić information content (AvgIpc) is 2.75. The molecular formula is C24H27NO7S. The molecule has 0 spiro atoms. The van der Waals surface area contributed by atoms with Crippen molar-refractivity contribution in [2.45, 2.75) is 38.8 Å². The number of alkyl carbamates (subject to hydrolysis) is 1. The van der Waals surface area contributed by atoms with Crippen LogP contribution < -0.4 is 20.4 Å². The number of amides is 1. The van der Waals surface area contributed by atoms with E-state index in [1.165, 1.54) is 13.2 Å². The van der Waals surface area contributed by atoms with Crippen LogP contribution in [0, 0.1) is 0 Å². The van der Waals surface area contributed by atoms with Gasteiger partial charge < -0.3 is 23.9 Å². The van der Waals surface area contributed by atoms with E-state index in [4.69, 9.17) is 18.6 Å². The third kappa shape index (κ3) is 6.19. The lowest BCUT2D eigenvalue weighted by Crippen LogP contribution is -2.45. The minimum absolute atomic E-state index is 0.198. The Morgan fingerprint density at radius 1 is 1.06 bits per heavy atom. The fourth-order valence-corrected chi connectivity index (χ4v) is 3.68. The second-order valence-corrected chi connectivity index (χ2v) is 9.35. The zero-order valence-electron chi connectivity index (χ0n) is 19.2. The molecule has 1 aromatic heterocycles. The lowest BCUT2D eigenvalue weighted by molar-refractivity contribution is -0.136. The van der Waals surface area contributed by atoms with Gasteiger partial charge in [0.2, 0.25) is 0 Å². The van der Waals surface area contributed by atoms with Crippen molar-refractivity contribution in [3.63, 3.8) is 0 Å². The summed E-state index contributed by atoms with van der Waals surface area (Å²) in [5, 5.41) is 4.36. The smallest absolute Gasteiger partial charge is 0.408 e. The van der Waals surface area contributed by atoms with Crippen LogP contribution in [0.1, 0.15) is 27.2 Å². The largest absolute Gasteiger partial charge is 0.497 e. The molecule has 176 valence electrons. The molecule has 0 aliphatic heterocycles. The van der Waals surface area contributed by atoms with Crippen molar-refractivity contribution in [3.05, 3.63) is 46.8 Å². The molecule has 0 unspecified atom stereocenters. The van der Waals surface area contributed by atoms with E-state index < -0.39 is 29.3 Å². The molecule has 0 fully saturated rings. The number of methoxy groups -OCH3 is 1. The number of ether oxygens (including phenoxy) is 3. The van der Waals surface area contributed by atoms with Gasteiger partial charge in [0.05, 0.1) is 12.5 Å². The number of esters is 1. The number of rotatable bonds is 7. The summed E-state index contributed by atoms with van der Waals surface area (Å²) in [6.07, 6.45) is 1.58. The topological polar surface area (TPSA) is 104 Å². The van der Waals surface area contributed by atoms with E-state index in [0.717, 1.165) is 0 Å². The van der Waals surface area contributed by atoms with Gasteiger partial charge in [-0.05, 0) is 69.5 Å². The van der Waals surface area contributed by atoms with Gasteiger partial charge in [0.25, 0.3) is 0 Å². The van der Waals surface area contributed by atoms with Gasteiger partial charge in [0, 0.05) is 16.8 Å². The molecule has 0 aliphatic rings. The van der Waals surface area contributed by atoms with E-state index in [1.807, 2.05) is 6.26 Å². The number of thioether (sulfide) groups is 1. The minimum Gasteiger partial charge on any atom is -0.497 e. The molecule has 0 bridgehead atoms. The van der Waals surface area contributed by atoms with E-state index in [9.17, 15) is 14.4 Å². The summed E-state index contributed by atoms with van der Waals surface area (Å²) in [4.78, 5) is 37.4. The Hall–Kier alpha value is -3.20. The normalized spacial score (nSPS) is 12.4. The maximum atomic E-state index is 12.8. The molecule has 3 aromatic rings. The number of hydrogen-bond donors (Lipinski definition) is 1. The van der Waals surface area contributed by atoms with Crippen molar-refractivity contribution in [2.24, 2.45) is 0 Å². The SMILES string of the molecule is COc1ccc2c(c1)c(=O)oc1cc(OC(=O)[C@@H](CCSC)NC(=O)OC(C)(C)C)ccc12. The number of nitrogens with one attached hydrogen (secondary N) is 1. The van der Waals surface area contributed by atoms with Crippen LogP contribution in [0.25, 0.3) is 21.7 Å². The summed E-state index contributed by atoms with van der Waals surface area (Å²) in [5.74, 6) is 0.747. The minimum atomic E-state index is -0.890. The van der Waals surface area contributed by atoms with Crippen LogP contribution in [-0.2, 0) is 9.53 Å². The number of fused-ring (bicyclic) bond motifs is 3. The maximum absolute atomic E-state index is 12.8. The first-order chi connectivity index (χ1) is 15.6. The second-order valence-electron chi connectivity index (χ2n) is 8.36. The Morgan fingerprint density at radius 2 is 1.76 bits per heavy atom. The van der Waals surface area contributed by atoms with E-state index in [0.29, 0.717) is 34.1 Å². The fourth-order valence-electron chi connectivity index (χ4n) is 3.20. The highest BCUT2D eigenvalue weighted by molar-refractivity contribution is 7.98. The Kier molecular flexibility index (Phi) is 7.53. The Labute approximate surface area is 195 Å². The molecule has 1 atom stereocenters. The molecule has 2 aromatic carbocycles. The number of hydrogen-bond acceptors (Lipinski definition) is 8. The summed E-state index contributed by atoms with van der Waals surface area (Å²) >= 11 is 1.54. The van der Waals surface area contributed by atoms with Gasteiger partial charge >= 0.3 is 17.7 Å². The third-order valence-electron chi connectivity index (χ3n) is 4.70. The molecule has 1 N–H and O–H groups in total. The standard InChI is InChI=1S/C24H27NO7S/c1-24(2,3)32-23(28)25-19(10-11-33-5)22(27)30-15-7-9-17-16-8-6-14(29-4)12-18(16)21(26)31-20(17)13-15/h6-9,12-13,19H,10-11H2,1-5H3,(H,25,28)/t19-/m1/s1. The molecule has 9 heteroatoms. The van der Waals surface area contributed by atoms with Crippen LogP contribution in [0.15, 0.2) is 45.6 Å². The average molecular weight is 474 g/mol. The van der Waals surface area contributed by atoms with Gasteiger partial charge in [0.15, 0.2) is 0 Å². The van der Waals surface area contributed by atoms with Crippen molar-refractivity contribution < 1.29 is 28.2 Å². The molecule has 1 heterocycles. The van der Waals surface area contributed by atoms with Gasteiger partial charge in [0.1, 0.15) is 28.7 Å². The lowest BCUT2D eigenvalue weighted by atomic mass is 10.1. The summed E-state index contributed by atoms with van der Waals surface area (Å²) in [7, 11) is 1.52. The van der Waals surface area contributed by atoms with Gasteiger partial charge in [-0.3, -0.25) is 0 Å². The highest BCUT2D eigenvalue weighted by Crippen LogP contribution is 2.28. The first-order valence-corrected chi connectivity index (χ1v) is 11.8. The number of benzene rings is 2. The summed E-state index contributed by atoms with van der Waals surface area (Å²) in [6.45, 7) is 5.22. The van der Waals surface area contributed by atoms with Gasteiger partial charge in [-0.15, -0.1) is 0 Å². The summed E-state index contributed by atoms with van der Waals surface area (Å²) in [5.41, 5.74) is -0.936. The molecule has 3 rings (SSSR count). The maximum Gasteiger partial charge on any atom is 0.408 e. The Morgan fingerprint density at radius 3 is 2.42 bits per heavy atom. The van der Waals surface area contributed by atoms with Crippen molar-refractivity contribution in [2.75, 3.05) is 19.1 Å². The van der Waals surface area contributed by atoms with Gasteiger partial charge in [-0.1, -0.05) is 0 Å². The van der Waals surface area contributed by atoms with Crippen molar-refractivity contribution >= 4 is 45.6 Å². The predicted octanol–water partition coefficient (Wildman–Crippen LogP) is 4.51. The monoisotopic (exact) mass is 473 g/mol. The zero-order chi connectivity index (χ0) is 24.2. The zero-order valence-corrected chi connectivity index (χ0v) is 20.0. The van der Waals surface area contributed by atoms with Crippen LogP contribution in [0.3, 0.4) is 0 Å². The molecule has 0 saturated heterocycles. The van der Waals surface area contributed by atoms with Crippen molar-refractivity contribution in [1.29, 1.82) is 0 Å². The van der Waals surface area contributed by atoms with E-state index in [1.54, 1.807) is 62.9 Å². The highest BCUT2D eigenvalue weighted by Gasteiger charge is 2.26. The van der Waals surface area contributed by atoms with Crippen LogP contribution in [-0.4, -0.2) is 42.8 Å². The summed E-state index contributed by atoms with van der Waals surface area (Å²) < 4.78 is 21.4. The van der Waals surface area contributed by atoms with Crippen LogP contribution in [0.4, 0.5) is 4.79 Å². The molecule has 8 nitrogen and oxygen atoms in total. The highest BCUT2D eigenvalue weighted by atomic mass is 32.2. The molecule has 0 radical (unpaired) electrons.